The van der Waals surface area contributed by atoms with Gasteiger partial charge in [0.1, 0.15) is 11.0 Å². The van der Waals surface area contributed by atoms with Gasteiger partial charge in [0.2, 0.25) is 0 Å². The van der Waals surface area contributed by atoms with Crippen molar-refractivity contribution in [2.75, 3.05) is 5.73 Å². The number of fused-ring (bicyclic) bond motifs is 10. The van der Waals surface area contributed by atoms with Crippen molar-refractivity contribution in [1.82, 2.24) is 35.6 Å². The van der Waals surface area contributed by atoms with Gasteiger partial charge in [-0.05, 0) is 111 Å². The van der Waals surface area contributed by atoms with E-state index in [0.29, 0.717) is 11.0 Å². The Morgan fingerprint density at radius 3 is 1.76 bits per heavy atom. The molecule has 0 atom stereocenters. The van der Waals surface area contributed by atoms with Crippen molar-refractivity contribution in [2.45, 2.75) is 88.1 Å². The summed E-state index contributed by atoms with van der Waals surface area (Å²) in [4.78, 5) is 45.7. The van der Waals surface area contributed by atoms with E-state index in [9.17, 15) is 9.59 Å². The summed E-state index contributed by atoms with van der Waals surface area (Å²) >= 11 is 6.07. The van der Waals surface area contributed by atoms with Crippen molar-refractivity contribution in [2.24, 2.45) is 0 Å². The zero-order valence-corrected chi connectivity index (χ0v) is 28.4. The summed E-state index contributed by atoms with van der Waals surface area (Å²) in [6.07, 6.45) is 17.7. The van der Waals surface area contributed by atoms with Crippen LogP contribution in [0.2, 0.25) is 5.15 Å². The number of carbonyl (C=O) groups is 2. The molecule has 0 unspecified atom stereocenters. The molecule has 0 radical (unpaired) electrons. The van der Waals surface area contributed by atoms with Gasteiger partial charge in [0.25, 0.3) is 11.8 Å². The predicted octanol–water partition coefficient (Wildman–Crippen LogP) is 6.07. The number of anilines is 1. The molecule has 0 bridgehead atoms. The molecule has 2 amide bonds. The summed E-state index contributed by atoms with van der Waals surface area (Å²) in [5, 5.41) is 7.06. The van der Waals surface area contributed by atoms with Gasteiger partial charge in [-0.2, -0.15) is 0 Å². The third-order valence-corrected chi connectivity index (χ3v) is 12.3. The molecular formula is C39H37ClN8O2. The molecule has 5 aromatic rings. The minimum Gasteiger partial charge on any atom is -0.384 e. The number of nitrogens with zero attached hydrogens (tertiary/aromatic N) is 3. The molecule has 11 rings (SSSR count). The number of H-pyrrole nitrogens is 2. The Balaban J connectivity index is 0.000000130. The highest BCUT2D eigenvalue weighted by Gasteiger charge is 2.46. The average molecular weight is 685 g/mol. The van der Waals surface area contributed by atoms with Crippen molar-refractivity contribution in [3.05, 3.63) is 92.8 Å². The third kappa shape index (κ3) is 4.57. The van der Waals surface area contributed by atoms with Crippen molar-refractivity contribution in [1.29, 1.82) is 0 Å². The van der Waals surface area contributed by atoms with Crippen LogP contribution in [0.1, 0.15) is 92.9 Å². The second-order valence-corrected chi connectivity index (χ2v) is 15.4. The van der Waals surface area contributed by atoms with Gasteiger partial charge in [0.05, 0.1) is 28.2 Å². The second kappa shape index (κ2) is 10.8. The number of amides is 2. The molecular weight excluding hydrogens is 648 g/mol. The van der Waals surface area contributed by atoms with Crippen molar-refractivity contribution in [3.8, 4) is 33.8 Å². The first-order valence-corrected chi connectivity index (χ1v) is 18.1. The second-order valence-electron chi connectivity index (χ2n) is 15.1. The Morgan fingerprint density at radius 1 is 0.680 bits per heavy atom. The first kappa shape index (κ1) is 29.9. The lowest BCUT2D eigenvalue weighted by molar-refractivity contribution is 0.0783. The SMILES string of the molecule is Nc1ccc(-c2cc3c(cn2)CCc2c-3[nH]c3c2C(=O)NC2(CCC2)C3)cn1.O=C1NC2(CCC2)Cc2[nH]c3c(c21)CCc1cnc(Cl)cc1-3. The van der Waals surface area contributed by atoms with E-state index in [2.05, 4.69) is 41.6 Å². The van der Waals surface area contributed by atoms with Crippen LogP contribution in [0, 0.1) is 0 Å². The molecule has 7 heterocycles. The molecule has 10 nitrogen and oxygen atoms in total. The molecule has 50 heavy (non-hydrogen) atoms. The lowest BCUT2D eigenvalue weighted by Crippen LogP contribution is -2.58. The Bertz CT molecular complexity index is 2260. The van der Waals surface area contributed by atoms with Crippen molar-refractivity contribution < 1.29 is 9.59 Å². The molecule has 5 aromatic heterocycles. The van der Waals surface area contributed by atoms with Crippen LogP contribution in [-0.4, -0.2) is 47.8 Å². The van der Waals surface area contributed by atoms with Crippen LogP contribution in [-0.2, 0) is 38.5 Å². The van der Waals surface area contributed by atoms with Gasteiger partial charge in [0.15, 0.2) is 0 Å². The maximum absolute atomic E-state index is 12.9. The molecule has 0 aromatic carbocycles. The lowest BCUT2D eigenvalue weighted by Gasteiger charge is -2.45. The van der Waals surface area contributed by atoms with Gasteiger partial charge in [-0.1, -0.05) is 11.6 Å². The molecule has 11 heteroatoms. The van der Waals surface area contributed by atoms with Crippen LogP contribution in [0.25, 0.3) is 33.8 Å². The van der Waals surface area contributed by atoms with E-state index in [0.717, 1.165) is 132 Å². The van der Waals surface area contributed by atoms with Gasteiger partial charge in [0, 0.05) is 70.6 Å². The number of hydrogen-bond acceptors (Lipinski definition) is 6. The minimum absolute atomic E-state index is 0.0102. The average Bonchev–Trinajstić information content (AvgIpc) is 3.66. The number of halogens is 1. The predicted molar refractivity (Wildman–Crippen MR) is 191 cm³/mol. The molecule has 0 saturated heterocycles. The number of nitrogens with one attached hydrogen (secondary N) is 4. The fourth-order valence-corrected chi connectivity index (χ4v) is 9.35. The summed E-state index contributed by atoms with van der Waals surface area (Å²) in [5.74, 6) is 0.693. The molecule has 2 saturated carbocycles. The summed E-state index contributed by atoms with van der Waals surface area (Å²) in [7, 11) is 0. The first-order valence-electron chi connectivity index (χ1n) is 17.8. The maximum Gasteiger partial charge on any atom is 0.253 e. The topological polar surface area (TPSA) is 154 Å². The van der Waals surface area contributed by atoms with Gasteiger partial charge in [-0.3, -0.25) is 14.6 Å². The zero-order chi connectivity index (χ0) is 33.8. The van der Waals surface area contributed by atoms with Crippen LogP contribution in [0.15, 0.2) is 42.9 Å². The number of aromatic nitrogens is 5. The van der Waals surface area contributed by atoms with Crippen molar-refractivity contribution >= 4 is 29.2 Å². The molecule has 2 aliphatic heterocycles. The van der Waals surface area contributed by atoms with E-state index < -0.39 is 0 Å². The van der Waals surface area contributed by atoms with Crippen LogP contribution in [0.3, 0.4) is 0 Å². The largest absolute Gasteiger partial charge is 0.384 e. The van der Waals surface area contributed by atoms with Crippen LogP contribution in [0.5, 0.6) is 0 Å². The van der Waals surface area contributed by atoms with Crippen LogP contribution < -0.4 is 16.4 Å². The molecule has 4 aliphatic carbocycles. The summed E-state index contributed by atoms with van der Waals surface area (Å²) in [6.45, 7) is 0. The van der Waals surface area contributed by atoms with E-state index in [1.54, 1.807) is 12.3 Å². The Kier molecular flexibility index (Phi) is 6.44. The van der Waals surface area contributed by atoms with Crippen LogP contribution >= 0.6 is 11.6 Å². The number of aryl methyl sites for hydroxylation is 2. The third-order valence-electron chi connectivity index (χ3n) is 12.1. The van der Waals surface area contributed by atoms with Crippen LogP contribution in [0.4, 0.5) is 5.82 Å². The summed E-state index contributed by atoms with van der Waals surface area (Å²) < 4.78 is 0. The minimum atomic E-state index is -0.0145. The standard InChI is InChI=1S/C22H21N5O.C17H16ClN3O/c23-18-5-3-13(11-25-18)16-8-15-12(10-24-16)2-4-14-19-17(26-20(14)15)9-22(6-1-7-22)27-21(19)28;18-13-6-11-9(8-19-13)2-3-10-14-12(20-15(10)11)7-17(4-1-5-17)21-16(14)22/h3,5,8,10-11,26H,1-2,4,6-7,9H2,(H2,23,25)(H,27,28);6,8,20H,1-5,7H2,(H,21,22). The van der Waals surface area contributed by atoms with E-state index in [4.69, 9.17) is 17.3 Å². The highest BCUT2D eigenvalue weighted by Crippen LogP contribution is 2.45. The Morgan fingerprint density at radius 2 is 1.24 bits per heavy atom. The number of nitrogen functional groups attached to an aromatic ring is 1. The van der Waals surface area contributed by atoms with E-state index in [-0.39, 0.29) is 22.9 Å². The number of pyridine rings is 3. The quantitative estimate of drug-likeness (QED) is 0.135. The highest BCUT2D eigenvalue weighted by molar-refractivity contribution is 6.29. The fourth-order valence-electron chi connectivity index (χ4n) is 9.19. The maximum atomic E-state index is 12.9. The first-order chi connectivity index (χ1) is 24.3. The number of nitrogens with two attached hydrogens (primary N) is 1. The van der Waals surface area contributed by atoms with E-state index >= 15 is 0 Å². The van der Waals surface area contributed by atoms with Gasteiger partial charge in [-0.25, -0.2) is 9.97 Å². The fraction of sp³-hybridized carbons (Fsp3) is 0.359. The monoisotopic (exact) mass is 684 g/mol. The van der Waals surface area contributed by atoms with Gasteiger partial charge >= 0.3 is 0 Å². The number of rotatable bonds is 1. The molecule has 2 spiro atoms. The summed E-state index contributed by atoms with van der Waals surface area (Å²) in [6, 6.07) is 7.75. The highest BCUT2D eigenvalue weighted by atomic mass is 35.5. The number of aromatic amines is 2. The number of carbonyl (C=O) groups excluding carboxylic acids is 2. The smallest absolute Gasteiger partial charge is 0.253 e. The Hall–Kier alpha value is -4.96. The number of hydrogen-bond donors (Lipinski definition) is 5. The van der Waals surface area contributed by atoms with E-state index in [1.807, 2.05) is 24.5 Å². The molecule has 252 valence electrons. The summed E-state index contributed by atoms with van der Waals surface area (Å²) in [5.41, 5.74) is 20.6. The van der Waals surface area contributed by atoms with E-state index in [1.165, 1.54) is 24.0 Å². The zero-order valence-electron chi connectivity index (χ0n) is 27.6. The Labute approximate surface area is 294 Å². The van der Waals surface area contributed by atoms with Gasteiger partial charge in [-0.15, -0.1) is 0 Å². The van der Waals surface area contributed by atoms with Crippen molar-refractivity contribution in [3.63, 3.8) is 0 Å². The van der Waals surface area contributed by atoms with Gasteiger partial charge < -0.3 is 26.3 Å². The normalized spacial score (nSPS) is 19.5. The molecule has 6 N–H and O–H groups in total. The lowest BCUT2D eigenvalue weighted by atomic mass is 9.71. The molecule has 6 aliphatic rings. The molecule has 2 fully saturated rings.